The van der Waals surface area contributed by atoms with Gasteiger partial charge in [-0.25, -0.2) is 4.98 Å². The SMILES string of the molecule is CN1CCCC(CC(=O)Nc2cc(Br)ccn2)C1. The van der Waals surface area contributed by atoms with Gasteiger partial charge in [-0.15, -0.1) is 0 Å². The van der Waals surface area contributed by atoms with E-state index >= 15 is 0 Å². The first kappa shape index (κ1) is 13.5. The molecule has 1 fully saturated rings. The highest BCUT2D eigenvalue weighted by atomic mass is 79.9. The first-order valence-electron chi connectivity index (χ1n) is 6.23. The Bertz CT molecular complexity index is 424. The van der Waals surface area contributed by atoms with Crippen LogP contribution in [-0.4, -0.2) is 35.9 Å². The number of pyridine rings is 1. The number of likely N-dealkylation sites (tertiary alicyclic amines) is 1. The Hall–Kier alpha value is -0.940. The molecule has 0 aromatic carbocycles. The number of carbonyl (C=O) groups is 1. The van der Waals surface area contributed by atoms with Gasteiger partial charge in [0.1, 0.15) is 5.82 Å². The first-order valence-corrected chi connectivity index (χ1v) is 7.03. The Balaban J connectivity index is 1.85. The lowest BCUT2D eigenvalue weighted by Gasteiger charge is -2.29. The van der Waals surface area contributed by atoms with Gasteiger partial charge in [-0.1, -0.05) is 15.9 Å². The van der Waals surface area contributed by atoms with E-state index in [1.807, 2.05) is 12.1 Å². The molecule has 2 heterocycles. The molecule has 0 spiro atoms. The first-order chi connectivity index (χ1) is 8.63. The number of hydrogen-bond donors (Lipinski definition) is 1. The number of halogens is 1. The molecule has 5 heteroatoms. The van der Waals surface area contributed by atoms with E-state index in [-0.39, 0.29) is 5.91 Å². The van der Waals surface area contributed by atoms with Crippen molar-refractivity contribution < 1.29 is 4.79 Å². The van der Waals surface area contributed by atoms with Crippen molar-refractivity contribution in [2.45, 2.75) is 19.3 Å². The van der Waals surface area contributed by atoms with E-state index in [1.165, 1.54) is 6.42 Å². The summed E-state index contributed by atoms with van der Waals surface area (Å²) in [6, 6.07) is 3.65. The number of nitrogens with one attached hydrogen (secondary N) is 1. The number of aromatic nitrogens is 1. The van der Waals surface area contributed by atoms with Crippen molar-refractivity contribution in [3.63, 3.8) is 0 Å². The summed E-state index contributed by atoms with van der Waals surface area (Å²) in [6.07, 6.45) is 4.58. The molecular weight excluding hydrogens is 294 g/mol. The fraction of sp³-hybridized carbons (Fsp3) is 0.538. The molecule has 0 saturated carbocycles. The fourth-order valence-corrected chi connectivity index (χ4v) is 2.70. The monoisotopic (exact) mass is 311 g/mol. The predicted molar refractivity (Wildman–Crippen MR) is 75.4 cm³/mol. The van der Waals surface area contributed by atoms with Gasteiger partial charge in [-0.2, -0.15) is 0 Å². The van der Waals surface area contributed by atoms with Crippen molar-refractivity contribution in [2.24, 2.45) is 5.92 Å². The molecule has 0 aliphatic carbocycles. The van der Waals surface area contributed by atoms with E-state index in [9.17, 15) is 4.79 Å². The molecule has 2 rings (SSSR count). The molecule has 1 aliphatic heterocycles. The summed E-state index contributed by atoms with van der Waals surface area (Å²) in [7, 11) is 2.11. The Morgan fingerprint density at radius 2 is 2.50 bits per heavy atom. The van der Waals surface area contributed by atoms with Crippen molar-refractivity contribution in [3.05, 3.63) is 22.8 Å². The Morgan fingerprint density at radius 1 is 1.67 bits per heavy atom. The molecule has 1 aromatic heterocycles. The van der Waals surface area contributed by atoms with Crippen molar-refractivity contribution in [1.29, 1.82) is 0 Å². The lowest BCUT2D eigenvalue weighted by Crippen LogP contribution is -2.34. The van der Waals surface area contributed by atoms with Gasteiger partial charge in [0.25, 0.3) is 0 Å². The topological polar surface area (TPSA) is 45.2 Å². The minimum Gasteiger partial charge on any atom is -0.311 e. The van der Waals surface area contributed by atoms with Gasteiger partial charge in [0.15, 0.2) is 0 Å². The lowest BCUT2D eigenvalue weighted by atomic mass is 9.95. The van der Waals surface area contributed by atoms with Crippen molar-refractivity contribution in [3.8, 4) is 0 Å². The molecule has 1 atom stereocenters. The van der Waals surface area contributed by atoms with Crippen LogP contribution in [-0.2, 0) is 4.79 Å². The summed E-state index contributed by atoms with van der Waals surface area (Å²) in [5.41, 5.74) is 0. The molecule has 1 N–H and O–H groups in total. The summed E-state index contributed by atoms with van der Waals surface area (Å²) >= 11 is 3.36. The lowest BCUT2D eigenvalue weighted by molar-refractivity contribution is -0.117. The molecule has 98 valence electrons. The zero-order valence-electron chi connectivity index (χ0n) is 10.5. The summed E-state index contributed by atoms with van der Waals surface area (Å²) < 4.78 is 0.921. The number of nitrogens with zero attached hydrogens (tertiary/aromatic N) is 2. The highest BCUT2D eigenvalue weighted by molar-refractivity contribution is 9.10. The zero-order chi connectivity index (χ0) is 13.0. The van der Waals surface area contributed by atoms with Crippen LogP contribution in [0.1, 0.15) is 19.3 Å². The average Bonchev–Trinajstić information content (AvgIpc) is 2.28. The summed E-state index contributed by atoms with van der Waals surface area (Å²) in [5, 5.41) is 2.85. The van der Waals surface area contributed by atoms with E-state index in [2.05, 4.69) is 38.2 Å². The van der Waals surface area contributed by atoms with E-state index in [4.69, 9.17) is 0 Å². The van der Waals surface area contributed by atoms with Crippen molar-refractivity contribution >= 4 is 27.7 Å². The quantitative estimate of drug-likeness (QED) is 0.933. The van der Waals surface area contributed by atoms with Gasteiger partial charge in [0.05, 0.1) is 0 Å². The molecule has 0 bridgehead atoms. The number of carbonyl (C=O) groups excluding carboxylic acids is 1. The number of rotatable bonds is 3. The van der Waals surface area contributed by atoms with Crippen LogP contribution in [0.2, 0.25) is 0 Å². The maximum Gasteiger partial charge on any atom is 0.225 e. The molecule has 1 aromatic rings. The summed E-state index contributed by atoms with van der Waals surface area (Å²) in [6.45, 7) is 2.16. The number of amides is 1. The summed E-state index contributed by atoms with van der Waals surface area (Å²) in [5.74, 6) is 1.13. The zero-order valence-corrected chi connectivity index (χ0v) is 12.1. The van der Waals surface area contributed by atoms with Gasteiger partial charge < -0.3 is 10.2 Å². The molecule has 0 radical (unpaired) electrons. The van der Waals surface area contributed by atoms with Crippen LogP contribution in [0.3, 0.4) is 0 Å². The van der Waals surface area contributed by atoms with E-state index in [1.54, 1.807) is 6.20 Å². The smallest absolute Gasteiger partial charge is 0.225 e. The molecule has 1 aliphatic rings. The Labute approximate surface area is 116 Å². The van der Waals surface area contributed by atoms with E-state index in [0.29, 0.717) is 18.2 Å². The highest BCUT2D eigenvalue weighted by Gasteiger charge is 2.20. The maximum absolute atomic E-state index is 11.9. The minimum atomic E-state index is 0.0564. The van der Waals surface area contributed by atoms with Crippen LogP contribution >= 0.6 is 15.9 Å². The molecule has 1 saturated heterocycles. The second kappa shape index (κ2) is 6.29. The third-order valence-electron chi connectivity index (χ3n) is 3.19. The average molecular weight is 312 g/mol. The van der Waals surface area contributed by atoms with E-state index in [0.717, 1.165) is 24.0 Å². The second-order valence-electron chi connectivity index (χ2n) is 4.88. The van der Waals surface area contributed by atoms with E-state index < -0.39 is 0 Å². The number of anilines is 1. The van der Waals surface area contributed by atoms with Gasteiger partial charge in [-0.05, 0) is 44.5 Å². The maximum atomic E-state index is 11.9. The third-order valence-corrected chi connectivity index (χ3v) is 3.68. The van der Waals surface area contributed by atoms with Gasteiger partial charge in [0.2, 0.25) is 5.91 Å². The standard InChI is InChI=1S/C13H18BrN3O/c1-17-6-2-3-10(9-17)7-13(18)16-12-8-11(14)4-5-15-12/h4-5,8,10H,2-3,6-7,9H2,1H3,(H,15,16,18). The Morgan fingerprint density at radius 3 is 3.22 bits per heavy atom. The van der Waals surface area contributed by atoms with Crippen LogP contribution in [0.25, 0.3) is 0 Å². The minimum absolute atomic E-state index is 0.0564. The molecule has 1 unspecified atom stereocenters. The molecule has 1 amide bonds. The largest absolute Gasteiger partial charge is 0.311 e. The molecular formula is C13H18BrN3O. The van der Waals surface area contributed by atoms with Crippen LogP contribution < -0.4 is 5.32 Å². The van der Waals surface area contributed by atoms with Gasteiger partial charge in [0, 0.05) is 23.6 Å². The van der Waals surface area contributed by atoms with Gasteiger partial charge in [-0.3, -0.25) is 4.79 Å². The number of piperidine rings is 1. The number of hydrogen-bond acceptors (Lipinski definition) is 3. The fourth-order valence-electron chi connectivity index (χ4n) is 2.37. The van der Waals surface area contributed by atoms with Crippen molar-refractivity contribution in [2.75, 3.05) is 25.5 Å². The highest BCUT2D eigenvalue weighted by Crippen LogP contribution is 2.19. The molecule has 18 heavy (non-hydrogen) atoms. The Kier molecular flexibility index (Phi) is 4.72. The van der Waals surface area contributed by atoms with Gasteiger partial charge >= 0.3 is 0 Å². The third kappa shape index (κ3) is 4.07. The second-order valence-corrected chi connectivity index (χ2v) is 5.80. The van der Waals surface area contributed by atoms with Crippen LogP contribution in [0, 0.1) is 5.92 Å². The predicted octanol–water partition coefficient (Wildman–Crippen LogP) is 2.51. The van der Waals surface area contributed by atoms with Crippen LogP contribution in [0.5, 0.6) is 0 Å². The molecule has 4 nitrogen and oxygen atoms in total. The summed E-state index contributed by atoms with van der Waals surface area (Å²) in [4.78, 5) is 18.3. The van der Waals surface area contributed by atoms with Crippen molar-refractivity contribution in [1.82, 2.24) is 9.88 Å². The van der Waals surface area contributed by atoms with Crippen LogP contribution in [0.15, 0.2) is 22.8 Å². The van der Waals surface area contributed by atoms with Crippen LogP contribution in [0.4, 0.5) is 5.82 Å². The normalized spacial score (nSPS) is 20.7.